The van der Waals surface area contributed by atoms with E-state index in [0.29, 0.717) is 0 Å². The molecule has 0 amide bonds. The molecule has 14 heteroatoms. The Morgan fingerprint density at radius 3 is 1.95 bits per heavy atom. The molecule has 2 heterocycles. The highest BCUT2D eigenvalue weighted by Crippen LogP contribution is 2.48. The summed E-state index contributed by atoms with van der Waals surface area (Å²) in [6.45, 7) is 6.86. The lowest BCUT2D eigenvalue weighted by atomic mass is 9.85. The molecule has 14 nitrogen and oxygen atoms in total. The van der Waals surface area contributed by atoms with E-state index in [9.17, 15) is 29.1 Å². The smallest absolute Gasteiger partial charge is 0.303 e. The van der Waals surface area contributed by atoms with Crippen molar-refractivity contribution in [3.8, 4) is 0 Å². The number of fused-ring (bicyclic) bond motifs is 1. The molecule has 39 heavy (non-hydrogen) atoms. The molecule has 10 atom stereocenters. The van der Waals surface area contributed by atoms with Crippen molar-refractivity contribution in [3.05, 3.63) is 12.3 Å². The second-order valence-electron chi connectivity index (χ2n) is 9.85. The normalized spacial score (nSPS) is 37.1. The van der Waals surface area contributed by atoms with E-state index >= 15 is 0 Å². The quantitative estimate of drug-likeness (QED) is 0.317. The second kappa shape index (κ2) is 12.3. The van der Waals surface area contributed by atoms with Crippen molar-refractivity contribution in [2.75, 3.05) is 6.61 Å². The molecular formula is C25H34O14. The topological polar surface area (TPSA) is 179 Å². The minimum absolute atomic E-state index is 0.0913. The molecule has 1 saturated heterocycles. The average Bonchev–Trinajstić information content (AvgIpc) is 3.05. The Balaban J connectivity index is 1.97. The molecule has 0 aromatic carbocycles. The van der Waals surface area contributed by atoms with Crippen molar-refractivity contribution in [1.82, 2.24) is 0 Å². The van der Waals surface area contributed by atoms with Crippen molar-refractivity contribution >= 4 is 29.8 Å². The van der Waals surface area contributed by atoms with Gasteiger partial charge in [0.25, 0.3) is 0 Å². The number of hydrogen-bond donors (Lipinski definition) is 1. The molecule has 2 fully saturated rings. The number of hydrogen-bond acceptors (Lipinski definition) is 14. The van der Waals surface area contributed by atoms with Gasteiger partial charge in [-0.2, -0.15) is 0 Å². The van der Waals surface area contributed by atoms with E-state index in [4.69, 9.17) is 37.9 Å². The highest BCUT2D eigenvalue weighted by atomic mass is 16.8. The van der Waals surface area contributed by atoms with E-state index in [0.717, 1.165) is 27.7 Å². The molecule has 1 aliphatic carbocycles. The Hall–Kier alpha value is -3.23. The van der Waals surface area contributed by atoms with Crippen LogP contribution in [0.4, 0.5) is 0 Å². The molecule has 0 radical (unpaired) electrons. The zero-order valence-corrected chi connectivity index (χ0v) is 22.5. The molecule has 1 N–H and O–H groups in total. The van der Waals surface area contributed by atoms with Gasteiger partial charge in [-0.05, 0) is 13.0 Å². The fraction of sp³-hybridized carbons (Fsp3) is 0.720. The maximum Gasteiger partial charge on any atom is 0.303 e. The molecule has 0 aromatic heterocycles. The summed E-state index contributed by atoms with van der Waals surface area (Å²) in [4.78, 5) is 59.1. The first-order chi connectivity index (χ1) is 18.2. The zero-order chi connectivity index (χ0) is 29.1. The molecule has 0 bridgehead atoms. The third-order valence-corrected chi connectivity index (χ3v) is 6.52. The molecule has 1 saturated carbocycles. The summed E-state index contributed by atoms with van der Waals surface area (Å²) in [5.41, 5.74) is -1.42. The van der Waals surface area contributed by atoms with Gasteiger partial charge in [0.15, 0.2) is 18.3 Å². The van der Waals surface area contributed by atoms with Gasteiger partial charge in [-0.3, -0.25) is 24.0 Å². The number of esters is 5. The maximum atomic E-state index is 12.1. The van der Waals surface area contributed by atoms with Gasteiger partial charge in [0.05, 0.1) is 17.8 Å². The van der Waals surface area contributed by atoms with E-state index in [-0.39, 0.29) is 6.42 Å². The summed E-state index contributed by atoms with van der Waals surface area (Å²) in [6.07, 6.45) is -5.78. The first-order valence-electron chi connectivity index (χ1n) is 12.4. The minimum atomic E-state index is -1.51. The van der Waals surface area contributed by atoms with Gasteiger partial charge in [0.2, 0.25) is 12.6 Å². The summed E-state index contributed by atoms with van der Waals surface area (Å²) in [5.74, 6) is -4.79. The van der Waals surface area contributed by atoms with Crippen molar-refractivity contribution in [2.45, 2.75) is 96.7 Å². The van der Waals surface area contributed by atoms with Crippen LogP contribution < -0.4 is 0 Å². The molecule has 0 aromatic rings. The van der Waals surface area contributed by atoms with Gasteiger partial charge in [-0.25, -0.2) is 0 Å². The monoisotopic (exact) mass is 558 g/mol. The van der Waals surface area contributed by atoms with Crippen LogP contribution in [0.1, 0.15) is 48.0 Å². The van der Waals surface area contributed by atoms with E-state index in [1.54, 1.807) is 13.0 Å². The number of ether oxygens (including phenoxy) is 8. The van der Waals surface area contributed by atoms with Crippen molar-refractivity contribution in [3.63, 3.8) is 0 Å². The highest BCUT2D eigenvalue weighted by Gasteiger charge is 2.59. The van der Waals surface area contributed by atoms with Crippen LogP contribution in [0.25, 0.3) is 0 Å². The molecule has 0 unspecified atom stereocenters. The lowest BCUT2D eigenvalue weighted by molar-refractivity contribution is -0.348. The predicted octanol–water partition coefficient (Wildman–Crippen LogP) is 0.275. The maximum absolute atomic E-state index is 12.1. The summed E-state index contributed by atoms with van der Waals surface area (Å²) in [6, 6.07) is 0. The Labute approximate surface area is 224 Å². The first-order valence-corrected chi connectivity index (χ1v) is 12.4. The lowest BCUT2D eigenvalue weighted by Crippen LogP contribution is -2.64. The van der Waals surface area contributed by atoms with Crippen LogP contribution in [-0.2, 0) is 61.9 Å². The largest absolute Gasteiger partial charge is 0.472 e. The SMILES string of the molecule is CC(=O)OC[C@H]1O[C@@H](O[C@@H]2OC=C[C@@H]3[C@H]2[C@@](C)(O)C[C@@H]3OC(C)=O)[C@H](OC(C)=O)[C@@H](OC(C)=O)[C@@H]1OC(C)=O. The van der Waals surface area contributed by atoms with Crippen LogP contribution in [0.5, 0.6) is 0 Å². The molecular weight excluding hydrogens is 524 g/mol. The molecule has 3 rings (SSSR count). The van der Waals surface area contributed by atoms with Crippen molar-refractivity contribution in [2.24, 2.45) is 11.8 Å². The van der Waals surface area contributed by atoms with Gasteiger partial charge >= 0.3 is 29.8 Å². The van der Waals surface area contributed by atoms with E-state index < -0.39 is 97.0 Å². The third-order valence-electron chi connectivity index (χ3n) is 6.52. The second-order valence-corrected chi connectivity index (χ2v) is 9.85. The Morgan fingerprint density at radius 2 is 1.38 bits per heavy atom. The molecule has 3 aliphatic rings. The third kappa shape index (κ3) is 7.46. The fourth-order valence-corrected chi connectivity index (χ4v) is 5.22. The summed E-state index contributed by atoms with van der Waals surface area (Å²) in [7, 11) is 0. The Morgan fingerprint density at radius 1 is 0.821 bits per heavy atom. The average molecular weight is 559 g/mol. The summed E-state index contributed by atoms with van der Waals surface area (Å²) < 4.78 is 44.4. The van der Waals surface area contributed by atoms with Crippen molar-refractivity contribution < 1.29 is 67.0 Å². The Kier molecular flexibility index (Phi) is 9.56. The fourth-order valence-electron chi connectivity index (χ4n) is 5.22. The number of carbonyl (C=O) groups is 5. The predicted molar refractivity (Wildman–Crippen MR) is 125 cm³/mol. The van der Waals surface area contributed by atoms with Gasteiger partial charge in [-0.1, -0.05) is 0 Å². The zero-order valence-electron chi connectivity index (χ0n) is 22.5. The minimum Gasteiger partial charge on any atom is -0.472 e. The van der Waals surface area contributed by atoms with Gasteiger partial charge in [0.1, 0.15) is 18.8 Å². The lowest BCUT2D eigenvalue weighted by Gasteiger charge is -2.46. The van der Waals surface area contributed by atoms with E-state index in [1.165, 1.54) is 13.2 Å². The summed E-state index contributed by atoms with van der Waals surface area (Å²) >= 11 is 0. The molecule has 218 valence electrons. The van der Waals surface area contributed by atoms with E-state index in [2.05, 4.69) is 0 Å². The molecule has 2 aliphatic heterocycles. The summed E-state index contributed by atoms with van der Waals surface area (Å²) in [5, 5.41) is 11.2. The Bertz CT molecular complexity index is 989. The van der Waals surface area contributed by atoms with E-state index in [1.807, 2.05) is 0 Å². The van der Waals surface area contributed by atoms with Crippen LogP contribution in [0.2, 0.25) is 0 Å². The highest BCUT2D eigenvalue weighted by molar-refractivity contribution is 5.69. The van der Waals surface area contributed by atoms with Crippen LogP contribution in [-0.4, -0.2) is 90.3 Å². The van der Waals surface area contributed by atoms with Gasteiger partial charge in [-0.15, -0.1) is 0 Å². The standard InChI is InChI=1S/C25H34O14/c1-11(26)33-10-18-20(35-13(3)28)21(36-14(4)29)22(37-15(5)30)24(38-18)39-23-19-16(7-8-32-23)17(34-12(2)27)9-25(19,6)31/h7-8,16-24,31H,9-10H2,1-6H3/t16-,17-,18+,19+,20+,21-,22+,23-,24-,25-/m0/s1. The van der Waals surface area contributed by atoms with Crippen LogP contribution in [0.15, 0.2) is 12.3 Å². The van der Waals surface area contributed by atoms with Crippen LogP contribution in [0.3, 0.4) is 0 Å². The number of rotatable bonds is 8. The van der Waals surface area contributed by atoms with Crippen molar-refractivity contribution in [1.29, 1.82) is 0 Å². The van der Waals surface area contributed by atoms with Gasteiger partial charge < -0.3 is 43.0 Å². The van der Waals surface area contributed by atoms with Crippen LogP contribution >= 0.6 is 0 Å². The first kappa shape index (κ1) is 30.3. The number of aliphatic hydroxyl groups is 1. The van der Waals surface area contributed by atoms with Gasteiger partial charge in [0, 0.05) is 47.0 Å². The number of carbonyl (C=O) groups excluding carboxylic acids is 5. The van der Waals surface area contributed by atoms with Crippen LogP contribution in [0, 0.1) is 11.8 Å². The molecule has 0 spiro atoms.